The van der Waals surface area contributed by atoms with Gasteiger partial charge in [-0.25, -0.2) is 0 Å². The minimum Gasteiger partial charge on any atom is -0.459 e. The molecule has 0 fully saturated rings. The number of fused-ring (bicyclic) bond motifs is 1. The summed E-state index contributed by atoms with van der Waals surface area (Å²) in [5.74, 6) is 0.987. The zero-order valence-electron chi connectivity index (χ0n) is 12.2. The number of nitrogens with one attached hydrogen (secondary N) is 1. The molecule has 0 amide bonds. The highest BCUT2D eigenvalue weighted by atomic mass is 79.9. The summed E-state index contributed by atoms with van der Waals surface area (Å²) in [5, 5.41) is 4.52. The Kier molecular flexibility index (Phi) is 4.13. The number of hydrogen-bond acceptors (Lipinski definition) is 2. The van der Waals surface area contributed by atoms with Crippen LogP contribution in [0.25, 0.3) is 11.0 Å². The lowest BCUT2D eigenvalue weighted by atomic mass is 10.0. The maximum absolute atomic E-state index is 6.00. The van der Waals surface area contributed by atoms with Gasteiger partial charge in [-0.15, -0.1) is 0 Å². The lowest BCUT2D eigenvalue weighted by Crippen LogP contribution is -2.18. The molecule has 108 valence electrons. The molecule has 1 N–H and O–H groups in total. The predicted octanol–water partition coefficient (Wildman–Crippen LogP) is 5.01. The summed E-state index contributed by atoms with van der Waals surface area (Å²) in [6.45, 7) is 2.10. The van der Waals surface area contributed by atoms with E-state index in [0.29, 0.717) is 0 Å². The van der Waals surface area contributed by atoms with Crippen LogP contribution in [0.5, 0.6) is 0 Å². The maximum Gasteiger partial charge on any atom is 0.134 e. The van der Waals surface area contributed by atoms with Crippen molar-refractivity contribution >= 4 is 26.9 Å². The molecule has 1 atom stereocenters. The molecule has 0 aliphatic heterocycles. The third-order valence-corrected chi connectivity index (χ3v) is 4.26. The van der Waals surface area contributed by atoms with Gasteiger partial charge in [0.05, 0.1) is 6.04 Å². The zero-order valence-corrected chi connectivity index (χ0v) is 13.8. The van der Waals surface area contributed by atoms with Gasteiger partial charge in [-0.3, -0.25) is 0 Å². The molecular formula is C18H18BrNO. The van der Waals surface area contributed by atoms with Gasteiger partial charge in [0.1, 0.15) is 11.3 Å². The third-order valence-electron chi connectivity index (χ3n) is 3.74. The molecule has 0 saturated heterocycles. The van der Waals surface area contributed by atoms with Crippen molar-refractivity contribution < 1.29 is 4.42 Å². The van der Waals surface area contributed by atoms with Crippen LogP contribution in [0.4, 0.5) is 0 Å². The Bertz CT molecular complexity index is 746. The van der Waals surface area contributed by atoms with Gasteiger partial charge in [-0.05, 0) is 56.3 Å². The molecule has 0 bridgehead atoms. The van der Waals surface area contributed by atoms with Crippen molar-refractivity contribution in [3.63, 3.8) is 0 Å². The first-order valence-electron chi connectivity index (χ1n) is 7.07. The molecule has 0 aliphatic carbocycles. The van der Waals surface area contributed by atoms with E-state index in [4.69, 9.17) is 4.42 Å². The topological polar surface area (TPSA) is 25.2 Å². The van der Waals surface area contributed by atoms with Crippen molar-refractivity contribution in [2.75, 3.05) is 7.05 Å². The highest BCUT2D eigenvalue weighted by molar-refractivity contribution is 9.10. The minimum absolute atomic E-state index is 0.180. The Morgan fingerprint density at radius 3 is 2.57 bits per heavy atom. The van der Waals surface area contributed by atoms with Crippen LogP contribution in [0.3, 0.4) is 0 Å². The minimum atomic E-state index is 0.180. The monoisotopic (exact) mass is 343 g/mol. The van der Waals surface area contributed by atoms with Crippen LogP contribution in [-0.2, 0) is 6.42 Å². The summed E-state index contributed by atoms with van der Waals surface area (Å²) in [5.41, 5.74) is 3.49. The third kappa shape index (κ3) is 3.20. The first-order chi connectivity index (χ1) is 10.2. The lowest BCUT2D eigenvalue weighted by molar-refractivity contribution is 0.451. The van der Waals surface area contributed by atoms with Gasteiger partial charge >= 0.3 is 0 Å². The van der Waals surface area contributed by atoms with Gasteiger partial charge < -0.3 is 9.73 Å². The van der Waals surface area contributed by atoms with Gasteiger partial charge in [0.25, 0.3) is 0 Å². The van der Waals surface area contributed by atoms with Gasteiger partial charge in [0.2, 0.25) is 0 Å². The van der Waals surface area contributed by atoms with E-state index in [-0.39, 0.29) is 6.04 Å². The first-order valence-corrected chi connectivity index (χ1v) is 7.87. The maximum atomic E-state index is 6.00. The van der Waals surface area contributed by atoms with E-state index in [9.17, 15) is 0 Å². The number of benzene rings is 2. The second-order valence-electron chi connectivity index (χ2n) is 5.36. The average Bonchev–Trinajstić information content (AvgIpc) is 2.89. The van der Waals surface area contributed by atoms with Gasteiger partial charge in [0, 0.05) is 9.86 Å². The predicted molar refractivity (Wildman–Crippen MR) is 90.6 cm³/mol. The second kappa shape index (κ2) is 6.04. The Hall–Kier alpha value is -1.58. The molecule has 3 rings (SSSR count). The molecule has 3 heteroatoms. The number of hydrogen-bond donors (Lipinski definition) is 1. The molecule has 0 saturated carbocycles. The number of aryl methyl sites for hydroxylation is 1. The van der Waals surface area contributed by atoms with Crippen molar-refractivity contribution in [3.05, 3.63) is 69.9 Å². The van der Waals surface area contributed by atoms with E-state index < -0.39 is 0 Å². The Morgan fingerprint density at radius 1 is 1.10 bits per heavy atom. The van der Waals surface area contributed by atoms with Crippen molar-refractivity contribution in [1.29, 1.82) is 0 Å². The van der Waals surface area contributed by atoms with Crippen molar-refractivity contribution in [1.82, 2.24) is 5.32 Å². The Labute approximate surface area is 133 Å². The van der Waals surface area contributed by atoms with E-state index in [1.54, 1.807) is 0 Å². The van der Waals surface area contributed by atoms with Crippen LogP contribution in [0.15, 0.2) is 57.4 Å². The number of furan rings is 1. The van der Waals surface area contributed by atoms with E-state index in [0.717, 1.165) is 22.2 Å². The van der Waals surface area contributed by atoms with E-state index in [1.165, 1.54) is 16.5 Å². The molecule has 0 aliphatic rings. The molecule has 2 nitrogen and oxygen atoms in total. The highest BCUT2D eigenvalue weighted by Crippen LogP contribution is 2.27. The SMILES string of the molecule is CNC(Cc1ccc(Br)cc1)c1cc2cc(C)ccc2o1. The number of rotatable bonds is 4. The molecule has 1 heterocycles. The summed E-state index contributed by atoms with van der Waals surface area (Å²) < 4.78 is 7.10. The van der Waals surface area contributed by atoms with Crippen LogP contribution in [-0.4, -0.2) is 7.05 Å². The lowest BCUT2D eigenvalue weighted by Gasteiger charge is -2.13. The van der Waals surface area contributed by atoms with E-state index in [1.807, 2.05) is 13.1 Å². The molecule has 2 aromatic carbocycles. The van der Waals surface area contributed by atoms with Crippen molar-refractivity contribution in [2.45, 2.75) is 19.4 Å². The number of likely N-dealkylation sites (N-methyl/N-ethyl adjacent to an activating group) is 1. The Morgan fingerprint density at radius 2 is 1.86 bits per heavy atom. The molecule has 1 unspecified atom stereocenters. The molecule has 3 aromatic rings. The largest absolute Gasteiger partial charge is 0.459 e. The molecular weight excluding hydrogens is 326 g/mol. The zero-order chi connectivity index (χ0) is 14.8. The second-order valence-corrected chi connectivity index (χ2v) is 6.28. The van der Waals surface area contributed by atoms with Crippen LogP contribution >= 0.6 is 15.9 Å². The smallest absolute Gasteiger partial charge is 0.134 e. The van der Waals surface area contributed by atoms with Crippen molar-refractivity contribution in [3.8, 4) is 0 Å². The summed E-state index contributed by atoms with van der Waals surface area (Å²) in [6.07, 6.45) is 0.905. The van der Waals surface area contributed by atoms with Gasteiger partial charge in [-0.2, -0.15) is 0 Å². The molecule has 0 radical (unpaired) electrons. The van der Waals surface area contributed by atoms with Crippen LogP contribution in [0.2, 0.25) is 0 Å². The number of halogens is 1. The standard InChI is InChI=1S/C18H18BrNO/c1-12-3-8-17-14(9-12)11-18(21-17)16(20-2)10-13-4-6-15(19)7-5-13/h3-9,11,16,20H,10H2,1-2H3. The Balaban J connectivity index is 1.88. The van der Waals surface area contributed by atoms with Crippen LogP contribution in [0, 0.1) is 6.92 Å². The quantitative estimate of drug-likeness (QED) is 0.720. The van der Waals surface area contributed by atoms with Gasteiger partial charge in [-0.1, -0.05) is 39.7 Å². The summed E-state index contributed by atoms with van der Waals surface area (Å²) in [4.78, 5) is 0. The average molecular weight is 344 g/mol. The summed E-state index contributed by atoms with van der Waals surface area (Å²) in [7, 11) is 1.97. The fourth-order valence-electron chi connectivity index (χ4n) is 2.56. The van der Waals surface area contributed by atoms with Gasteiger partial charge in [0.15, 0.2) is 0 Å². The van der Waals surface area contributed by atoms with Crippen LogP contribution in [0.1, 0.15) is 22.9 Å². The van der Waals surface area contributed by atoms with E-state index in [2.05, 4.69) is 70.6 Å². The first kappa shape index (κ1) is 14.4. The molecule has 0 spiro atoms. The van der Waals surface area contributed by atoms with Crippen molar-refractivity contribution in [2.24, 2.45) is 0 Å². The fraction of sp³-hybridized carbons (Fsp3) is 0.222. The highest BCUT2D eigenvalue weighted by Gasteiger charge is 2.15. The van der Waals surface area contributed by atoms with Crippen LogP contribution < -0.4 is 5.32 Å². The fourth-order valence-corrected chi connectivity index (χ4v) is 2.82. The normalized spacial score (nSPS) is 12.7. The molecule has 21 heavy (non-hydrogen) atoms. The molecule has 1 aromatic heterocycles. The summed E-state index contributed by atoms with van der Waals surface area (Å²) in [6, 6.07) is 17.0. The summed E-state index contributed by atoms with van der Waals surface area (Å²) >= 11 is 3.47. The van der Waals surface area contributed by atoms with E-state index >= 15 is 0 Å².